The molecule has 8 heteroatoms. The van der Waals surface area contributed by atoms with Crippen LogP contribution in [-0.2, 0) is 11.2 Å². The lowest BCUT2D eigenvalue weighted by Gasteiger charge is -2.16. The van der Waals surface area contributed by atoms with Crippen molar-refractivity contribution in [3.05, 3.63) is 41.5 Å². The molecule has 29 heavy (non-hydrogen) atoms. The molecule has 154 valence electrons. The monoisotopic (exact) mass is 402 g/mol. The molecule has 0 fully saturated rings. The Hall–Kier alpha value is -3.42. The van der Waals surface area contributed by atoms with Crippen molar-refractivity contribution in [2.75, 3.05) is 28.1 Å². The number of aliphatic carboxylic acids is 1. The molecule has 8 nitrogen and oxygen atoms in total. The van der Waals surface area contributed by atoms with Crippen LogP contribution in [0, 0.1) is 5.92 Å². The normalized spacial score (nSPS) is 12.9. The molecular formula is C21H22O8. The van der Waals surface area contributed by atoms with E-state index in [1.807, 2.05) is 0 Å². The van der Waals surface area contributed by atoms with E-state index in [0.29, 0.717) is 39.9 Å². The number of ketones is 1. The highest BCUT2D eigenvalue weighted by atomic mass is 16.7. The van der Waals surface area contributed by atoms with E-state index in [2.05, 4.69) is 0 Å². The van der Waals surface area contributed by atoms with Gasteiger partial charge < -0.3 is 28.8 Å². The molecule has 0 unspecified atom stereocenters. The topological polar surface area (TPSA) is 101 Å². The van der Waals surface area contributed by atoms with E-state index in [1.165, 1.54) is 21.3 Å². The van der Waals surface area contributed by atoms with E-state index in [0.717, 1.165) is 0 Å². The third kappa shape index (κ3) is 4.37. The van der Waals surface area contributed by atoms with Gasteiger partial charge in [-0.3, -0.25) is 9.59 Å². The van der Waals surface area contributed by atoms with Crippen LogP contribution in [-0.4, -0.2) is 45.0 Å². The second kappa shape index (κ2) is 8.72. The van der Waals surface area contributed by atoms with Crippen molar-refractivity contribution >= 4 is 11.8 Å². The van der Waals surface area contributed by atoms with Crippen LogP contribution in [0.25, 0.3) is 0 Å². The lowest BCUT2D eigenvalue weighted by Crippen LogP contribution is -2.20. The summed E-state index contributed by atoms with van der Waals surface area (Å²) in [5.41, 5.74) is 1.04. The second-order valence-corrected chi connectivity index (χ2v) is 6.47. The molecule has 1 aliphatic rings. The van der Waals surface area contributed by atoms with Crippen LogP contribution in [0.1, 0.15) is 22.3 Å². The highest BCUT2D eigenvalue weighted by Gasteiger charge is 2.25. The number of carboxylic acid groups (broad SMARTS) is 1. The predicted octanol–water partition coefficient (Wildman–Crippen LogP) is 2.96. The van der Waals surface area contributed by atoms with Gasteiger partial charge in [0.15, 0.2) is 28.8 Å². The van der Waals surface area contributed by atoms with Crippen LogP contribution in [0.15, 0.2) is 30.3 Å². The summed E-state index contributed by atoms with van der Waals surface area (Å²) in [6.45, 7) is 0.103. The zero-order valence-electron chi connectivity index (χ0n) is 16.4. The van der Waals surface area contributed by atoms with E-state index < -0.39 is 11.9 Å². The third-order valence-corrected chi connectivity index (χ3v) is 4.68. The van der Waals surface area contributed by atoms with E-state index in [9.17, 15) is 14.7 Å². The van der Waals surface area contributed by atoms with Gasteiger partial charge in [-0.2, -0.15) is 0 Å². The number of fused-ring (bicyclic) bond motifs is 1. The van der Waals surface area contributed by atoms with Crippen LogP contribution in [0.2, 0.25) is 0 Å². The average molecular weight is 402 g/mol. The minimum absolute atomic E-state index is 0.103. The standard InChI is InChI=1S/C21H22O8/c1-25-18-7-12(8-19(26-2)20(18)27-3)6-14(21(23)24)9-15(22)13-4-5-16-17(10-13)29-11-28-16/h4-5,7-8,10,14H,6,9,11H2,1-3H3,(H,23,24)/t14-/m0/s1. The van der Waals surface area contributed by atoms with Crippen molar-refractivity contribution < 1.29 is 38.4 Å². The third-order valence-electron chi connectivity index (χ3n) is 4.68. The van der Waals surface area contributed by atoms with Gasteiger partial charge in [-0.15, -0.1) is 0 Å². The van der Waals surface area contributed by atoms with Gasteiger partial charge in [-0.1, -0.05) is 0 Å². The van der Waals surface area contributed by atoms with Gasteiger partial charge in [0.2, 0.25) is 12.5 Å². The van der Waals surface area contributed by atoms with Gasteiger partial charge in [0, 0.05) is 12.0 Å². The molecule has 0 aromatic heterocycles. The number of rotatable bonds is 9. The number of ether oxygens (including phenoxy) is 5. The number of hydrogen-bond acceptors (Lipinski definition) is 7. The molecule has 1 aliphatic heterocycles. The van der Waals surface area contributed by atoms with Crippen LogP contribution in [0.5, 0.6) is 28.7 Å². The zero-order chi connectivity index (χ0) is 21.0. The molecule has 1 atom stereocenters. The summed E-state index contributed by atoms with van der Waals surface area (Å²) in [4.78, 5) is 24.5. The van der Waals surface area contributed by atoms with Crippen LogP contribution in [0.4, 0.5) is 0 Å². The summed E-state index contributed by atoms with van der Waals surface area (Å²) in [6.07, 6.45) is -0.0338. The Morgan fingerprint density at radius 2 is 1.66 bits per heavy atom. The molecule has 0 bridgehead atoms. The molecule has 0 spiro atoms. The first-order valence-electron chi connectivity index (χ1n) is 8.91. The predicted molar refractivity (Wildman–Crippen MR) is 102 cm³/mol. The number of methoxy groups -OCH3 is 3. The molecule has 1 heterocycles. The summed E-state index contributed by atoms with van der Waals surface area (Å²) in [5, 5.41) is 9.65. The van der Waals surface area contributed by atoms with E-state index in [-0.39, 0.29) is 25.4 Å². The minimum Gasteiger partial charge on any atom is -0.493 e. The number of carbonyl (C=O) groups is 2. The molecule has 0 saturated carbocycles. The van der Waals surface area contributed by atoms with E-state index in [1.54, 1.807) is 30.3 Å². The highest BCUT2D eigenvalue weighted by molar-refractivity contribution is 5.98. The number of hydrogen-bond donors (Lipinski definition) is 1. The maximum atomic E-state index is 12.7. The zero-order valence-corrected chi connectivity index (χ0v) is 16.4. The molecule has 2 aromatic carbocycles. The summed E-state index contributed by atoms with van der Waals surface area (Å²) in [6, 6.07) is 8.19. The Labute approximate surface area is 167 Å². The van der Waals surface area contributed by atoms with Crippen molar-refractivity contribution in [2.24, 2.45) is 5.92 Å². The van der Waals surface area contributed by atoms with Crippen molar-refractivity contribution in [1.29, 1.82) is 0 Å². The van der Waals surface area contributed by atoms with Gasteiger partial charge in [-0.25, -0.2) is 0 Å². The molecule has 0 amide bonds. The number of carbonyl (C=O) groups excluding carboxylic acids is 1. The first-order valence-corrected chi connectivity index (χ1v) is 8.91. The van der Waals surface area contributed by atoms with E-state index >= 15 is 0 Å². The van der Waals surface area contributed by atoms with Gasteiger partial charge in [0.05, 0.1) is 27.2 Å². The molecule has 0 aliphatic carbocycles. The summed E-state index contributed by atoms with van der Waals surface area (Å²) < 4.78 is 26.4. The van der Waals surface area contributed by atoms with Gasteiger partial charge >= 0.3 is 5.97 Å². The summed E-state index contributed by atoms with van der Waals surface area (Å²) in [7, 11) is 4.46. The van der Waals surface area contributed by atoms with E-state index in [4.69, 9.17) is 23.7 Å². The SMILES string of the molecule is COc1cc(C[C@@H](CC(=O)c2ccc3c(c2)OCO3)C(=O)O)cc(OC)c1OC. The first-order chi connectivity index (χ1) is 14.0. The van der Waals surface area contributed by atoms with Crippen molar-refractivity contribution in [1.82, 2.24) is 0 Å². The average Bonchev–Trinajstić information content (AvgIpc) is 3.20. The van der Waals surface area contributed by atoms with Gasteiger partial charge in [0.25, 0.3) is 0 Å². The minimum atomic E-state index is -1.06. The smallest absolute Gasteiger partial charge is 0.307 e. The number of carboxylic acids is 1. The Morgan fingerprint density at radius 1 is 1.00 bits per heavy atom. The fraction of sp³-hybridized carbons (Fsp3) is 0.333. The van der Waals surface area contributed by atoms with Crippen molar-refractivity contribution in [3.63, 3.8) is 0 Å². The van der Waals surface area contributed by atoms with Gasteiger partial charge in [0.1, 0.15) is 0 Å². The Bertz CT molecular complexity index is 896. The van der Waals surface area contributed by atoms with Crippen LogP contribution >= 0.6 is 0 Å². The van der Waals surface area contributed by atoms with Crippen molar-refractivity contribution in [2.45, 2.75) is 12.8 Å². The molecule has 2 aromatic rings. The van der Waals surface area contributed by atoms with Crippen molar-refractivity contribution in [3.8, 4) is 28.7 Å². The first kappa shape index (κ1) is 20.3. The molecule has 0 saturated heterocycles. The van der Waals surface area contributed by atoms with Crippen LogP contribution in [0.3, 0.4) is 0 Å². The second-order valence-electron chi connectivity index (χ2n) is 6.47. The molecule has 1 N–H and O–H groups in total. The summed E-state index contributed by atoms with van der Waals surface area (Å²) in [5.74, 6) is 0.0380. The lowest BCUT2D eigenvalue weighted by atomic mass is 9.91. The maximum absolute atomic E-state index is 12.7. The fourth-order valence-electron chi connectivity index (χ4n) is 3.20. The Morgan fingerprint density at radius 3 is 2.24 bits per heavy atom. The Kier molecular flexibility index (Phi) is 6.11. The lowest BCUT2D eigenvalue weighted by molar-refractivity contribution is -0.141. The van der Waals surface area contributed by atoms with Crippen LogP contribution < -0.4 is 23.7 Å². The fourth-order valence-corrected chi connectivity index (χ4v) is 3.20. The number of Topliss-reactive ketones (excluding diaryl/α,β-unsaturated/α-hetero) is 1. The molecular weight excluding hydrogens is 380 g/mol. The van der Waals surface area contributed by atoms with Gasteiger partial charge in [-0.05, 0) is 42.3 Å². The number of benzene rings is 2. The summed E-state index contributed by atoms with van der Waals surface area (Å²) >= 11 is 0. The maximum Gasteiger partial charge on any atom is 0.307 e. The Balaban J connectivity index is 1.80. The molecule has 0 radical (unpaired) electrons. The molecule has 3 rings (SSSR count). The highest BCUT2D eigenvalue weighted by Crippen LogP contribution is 2.39. The largest absolute Gasteiger partial charge is 0.493 e. The quantitative estimate of drug-likeness (QED) is 0.639.